The average molecular weight is 311 g/mol. The number of benzene rings is 1. The molecule has 1 aromatic carbocycles. The van der Waals surface area contributed by atoms with E-state index in [0.717, 1.165) is 11.3 Å². The number of nitrogens with one attached hydrogen (secondary N) is 1. The van der Waals surface area contributed by atoms with Crippen LogP contribution >= 0.6 is 22.9 Å². The molecule has 0 bridgehead atoms. The third-order valence-corrected chi connectivity index (χ3v) is 3.55. The van der Waals surface area contributed by atoms with E-state index in [1.807, 2.05) is 0 Å². The zero-order valence-electron chi connectivity index (χ0n) is 10.6. The fourth-order valence-corrected chi connectivity index (χ4v) is 2.18. The molecule has 0 aliphatic rings. The zero-order valence-corrected chi connectivity index (χ0v) is 12.1. The van der Waals surface area contributed by atoms with Crippen molar-refractivity contribution in [3.05, 3.63) is 40.4 Å². The summed E-state index contributed by atoms with van der Waals surface area (Å²) >= 11 is 6.87. The van der Waals surface area contributed by atoms with Gasteiger partial charge in [0.05, 0.1) is 11.1 Å². The minimum absolute atomic E-state index is 0.0830. The van der Waals surface area contributed by atoms with Crippen LogP contribution in [0.5, 0.6) is 5.75 Å². The van der Waals surface area contributed by atoms with Gasteiger partial charge in [-0.25, -0.2) is 4.98 Å². The molecule has 0 radical (unpaired) electrons. The van der Waals surface area contributed by atoms with Crippen molar-refractivity contribution in [1.29, 1.82) is 0 Å². The Morgan fingerprint density at radius 1 is 1.35 bits per heavy atom. The second-order valence-corrected chi connectivity index (χ2v) is 5.34. The summed E-state index contributed by atoms with van der Waals surface area (Å²) in [5, 5.41) is 3.54. The number of carbonyl (C=O) groups is 2. The second-order valence-electron chi connectivity index (χ2n) is 3.88. The Labute approximate surface area is 124 Å². The molecule has 0 saturated heterocycles. The molecule has 1 amide bonds. The number of hydrogen-bond acceptors (Lipinski definition) is 5. The van der Waals surface area contributed by atoms with Crippen molar-refractivity contribution in [3.63, 3.8) is 0 Å². The molecule has 0 fully saturated rings. The predicted octanol–water partition coefficient (Wildman–Crippen LogP) is 3.02. The van der Waals surface area contributed by atoms with E-state index in [9.17, 15) is 9.59 Å². The highest BCUT2D eigenvalue weighted by atomic mass is 35.5. The maximum atomic E-state index is 11.7. The van der Waals surface area contributed by atoms with E-state index in [-0.39, 0.29) is 18.3 Å². The number of hydrogen-bond donors (Lipinski definition) is 1. The topological polar surface area (TPSA) is 68.3 Å². The Kier molecular flexibility index (Phi) is 4.70. The zero-order chi connectivity index (χ0) is 14.5. The molecule has 0 atom stereocenters. The smallest absolute Gasteiger partial charge is 0.264 e. The van der Waals surface area contributed by atoms with E-state index in [1.165, 1.54) is 13.1 Å². The van der Waals surface area contributed by atoms with Crippen LogP contribution in [0.25, 0.3) is 0 Å². The van der Waals surface area contributed by atoms with Gasteiger partial charge in [0.1, 0.15) is 5.75 Å². The minimum Gasteiger partial charge on any atom is -0.484 e. The van der Waals surface area contributed by atoms with Crippen LogP contribution in [0.15, 0.2) is 30.5 Å². The van der Waals surface area contributed by atoms with Gasteiger partial charge in [-0.2, -0.15) is 0 Å². The summed E-state index contributed by atoms with van der Waals surface area (Å²) in [5.41, 5.74) is 0. The molecule has 1 heterocycles. The first-order chi connectivity index (χ1) is 9.54. The molecule has 7 heteroatoms. The Morgan fingerprint density at radius 3 is 2.65 bits per heavy atom. The average Bonchev–Trinajstić information content (AvgIpc) is 2.87. The summed E-state index contributed by atoms with van der Waals surface area (Å²) in [5.74, 6) is 0.123. The molecule has 2 rings (SSSR count). The van der Waals surface area contributed by atoms with Crippen LogP contribution in [-0.4, -0.2) is 23.3 Å². The van der Waals surface area contributed by atoms with Gasteiger partial charge in [0, 0.05) is 11.9 Å². The summed E-state index contributed by atoms with van der Waals surface area (Å²) in [6, 6.07) is 6.70. The number of amides is 1. The maximum absolute atomic E-state index is 11.7. The molecule has 5 nitrogen and oxygen atoms in total. The van der Waals surface area contributed by atoms with Gasteiger partial charge in [-0.3, -0.25) is 14.9 Å². The summed E-state index contributed by atoms with van der Waals surface area (Å²) in [4.78, 5) is 27.2. The van der Waals surface area contributed by atoms with Crippen LogP contribution in [0.1, 0.15) is 16.6 Å². The van der Waals surface area contributed by atoms with E-state index in [1.54, 1.807) is 24.3 Å². The normalized spacial score (nSPS) is 10.1. The lowest BCUT2D eigenvalue weighted by atomic mass is 10.3. The Bertz CT molecular complexity index is 625. The number of ether oxygens (including phenoxy) is 1. The molecule has 0 unspecified atom stereocenters. The highest BCUT2D eigenvalue weighted by molar-refractivity contribution is 7.17. The van der Waals surface area contributed by atoms with Crippen LogP contribution < -0.4 is 10.1 Å². The molecule has 1 N–H and O–H groups in total. The van der Waals surface area contributed by atoms with Crippen molar-refractivity contribution in [1.82, 2.24) is 4.98 Å². The Morgan fingerprint density at radius 2 is 2.05 bits per heavy atom. The first kappa shape index (κ1) is 14.5. The van der Waals surface area contributed by atoms with E-state index < -0.39 is 0 Å². The number of thiazole rings is 1. The Balaban J connectivity index is 1.85. The molecule has 1 aromatic heterocycles. The molecule has 0 aliphatic heterocycles. The van der Waals surface area contributed by atoms with Crippen LogP contribution in [0.2, 0.25) is 5.02 Å². The largest absolute Gasteiger partial charge is 0.484 e. The number of Topliss-reactive ketones (excluding diaryl/α,β-unsaturated/α-hetero) is 1. The summed E-state index contributed by atoms with van der Waals surface area (Å²) in [6.45, 7) is 1.30. The van der Waals surface area contributed by atoms with E-state index >= 15 is 0 Å². The van der Waals surface area contributed by atoms with Crippen molar-refractivity contribution in [3.8, 4) is 5.75 Å². The van der Waals surface area contributed by atoms with Crippen LogP contribution in [-0.2, 0) is 4.79 Å². The predicted molar refractivity (Wildman–Crippen MR) is 77.7 cm³/mol. The van der Waals surface area contributed by atoms with E-state index in [4.69, 9.17) is 16.3 Å². The minimum atomic E-state index is -0.343. The number of anilines is 1. The van der Waals surface area contributed by atoms with Crippen LogP contribution in [0.3, 0.4) is 0 Å². The first-order valence-electron chi connectivity index (χ1n) is 5.69. The Hall–Kier alpha value is -1.92. The van der Waals surface area contributed by atoms with Crippen molar-refractivity contribution in [2.75, 3.05) is 11.9 Å². The molecular weight excluding hydrogens is 300 g/mol. The number of nitrogens with zero attached hydrogens (tertiary/aromatic N) is 1. The van der Waals surface area contributed by atoms with Crippen molar-refractivity contribution in [2.24, 2.45) is 0 Å². The first-order valence-corrected chi connectivity index (χ1v) is 6.89. The van der Waals surface area contributed by atoms with Gasteiger partial charge in [-0.1, -0.05) is 22.9 Å². The number of carbonyl (C=O) groups excluding carboxylic acids is 2. The standard InChI is InChI=1S/C13H11ClN2O3S/c1-8(17)11-6-15-13(20-11)16-12(18)7-19-10-4-2-9(14)3-5-10/h2-6H,7H2,1H3,(H,15,16,18). The SMILES string of the molecule is CC(=O)c1cnc(NC(=O)COc2ccc(Cl)cc2)s1. The van der Waals surface area contributed by atoms with Crippen LogP contribution in [0, 0.1) is 0 Å². The van der Waals surface area contributed by atoms with E-state index in [0.29, 0.717) is 20.8 Å². The third-order valence-electron chi connectivity index (χ3n) is 2.28. The molecule has 104 valence electrons. The fraction of sp³-hybridized carbons (Fsp3) is 0.154. The quantitative estimate of drug-likeness (QED) is 0.862. The highest BCUT2D eigenvalue weighted by Gasteiger charge is 2.09. The molecule has 2 aromatic rings. The van der Waals surface area contributed by atoms with Crippen molar-refractivity contribution < 1.29 is 14.3 Å². The van der Waals surface area contributed by atoms with Crippen LogP contribution in [0.4, 0.5) is 5.13 Å². The van der Waals surface area contributed by atoms with E-state index in [2.05, 4.69) is 10.3 Å². The highest BCUT2D eigenvalue weighted by Crippen LogP contribution is 2.19. The number of halogens is 1. The molecule has 0 aliphatic carbocycles. The lowest BCUT2D eigenvalue weighted by Gasteiger charge is -2.05. The van der Waals surface area contributed by atoms with Gasteiger partial charge in [-0.05, 0) is 24.3 Å². The lowest BCUT2D eigenvalue weighted by Crippen LogP contribution is -2.19. The summed E-state index contributed by atoms with van der Waals surface area (Å²) in [6.07, 6.45) is 1.43. The monoisotopic (exact) mass is 310 g/mol. The van der Waals surface area contributed by atoms with Gasteiger partial charge >= 0.3 is 0 Å². The molecule has 20 heavy (non-hydrogen) atoms. The number of ketones is 1. The number of aromatic nitrogens is 1. The van der Waals surface area contributed by atoms with Gasteiger partial charge < -0.3 is 4.74 Å². The van der Waals surface area contributed by atoms with Gasteiger partial charge in [0.25, 0.3) is 5.91 Å². The fourth-order valence-electron chi connectivity index (χ4n) is 1.33. The second kappa shape index (κ2) is 6.49. The summed E-state index contributed by atoms with van der Waals surface area (Å²) < 4.78 is 5.29. The molecule has 0 spiro atoms. The third kappa shape index (κ3) is 4.04. The van der Waals surface area contributed by atoms with Gasteiger partial charge in [0.15, 0.2) is 17.5 Å². The van der Waals surface area contributed by atoms with Gasteiger partial charge in [0.2, 0.25) is 0 Å². The summed E-state index contributed by atoms with van der Waals surface area (Å²) in [7, 11) is 0. The molecule has 0 saturated carbocycles. The van der Waals surface area contributed by atoms with Crippen molar-refractivity contribution >= 4 is 39.8 Å². The van der Waals surface area contributed by atoms with Gasteiger partial charge in [-0.15, -0.1) is 0 Å². The van der Waals surface area contributed by atoms with Crippen molar-refractivity contribution in [2.45, 2.75) is 6.92 Å². The lowest BCUT2D eigenvalue weighted by molar-refractivity contribution is -0.118. The number of rotatable bonds is 5. The maximum Gasteiger partial charge on any atom is 0.264 e. The molecular formula is C13H11ClN2O3S.